The summed E-state index contributed by atoms with van der Waals surface area (Å²) < 4.78 is 4.89. The van der Waals surface area contributed by atoms with Crippen LogP contribution in [0.2, 0.25) is 0 Å². The van der Waals surface area contributed by atoms with Crippen molar-refractivity contribution in [1.29, 1.82) is 0 Å². The smallest absolute Gasteiger partial charge is 0.410 e. The summed E-state index contributed by atoms with van der Waals surface area (Å²) >= 11 is 0.873. The first-order valence-corrected chi connectivity index (χ1v) is 2.62. The SMILES string of the molecule is CC(C)[O][AlH2].[Li]. The minimum atomic E-state index is 0. The summed E-state index contributed by atoms with van der Waals surface area (Å²) in [4.78, 5) is 0. The van der Waals surface area contributed by atoms with Gasteiger partial charge in [-0.05, 0) is 13.8 Å². The molecule has 0 aliphatic heterocycles. The Kier molecular flexibility index (Phi) is 10.3. The van der Waals surface area contributed by atoms with Crippen LogP contribution in [0.4, 0.5) is 0 Å². The van der Waals surface area contributed by atoms with Crippen LogP contribution < -0.4 is 0 Å². The molecule has 0 aromatic rings. The second kappa shape index (κ2) is 6.09. The van der Waals surface area contributed by atoms with Crippen molar-refractivity contribution in [2.75, 3.05) is 0 Å². The maximum atomic E-state index is 4.89. The van der Waals surface area contributed by atoms with E-state index >= 15 is 0 Å². The molecule has 1 nitrogen and oxygen atoms in total. The Morgan fingerprint density at radius 2 is 1.67 bits per heavy atom. The summed E-state index contributed by atoms with van der Waals surface area (Å²) in [5.74, 6) is 0. The van der Waals surface area contributed by atoms with Gasteiger partial charge in [0, 0.05) is 25.0 Å². The standard InChI is InChI=1S/C3H7O.Al.Li.2H/c1-3(2)4;;;;/h3H,1-2H3;;;;/q-1;+1;;;. The first-order chi connectivity index (χ1) is 2.27. The van der Waals surface area contributed by atoms with Crippen LogP contribution in [0.15, 0.2) is 0 Å². The van der Waals surface area contributed by atoms with Crippen LogP contribution in [0.5, 0.6) is 0 Å². The zero-order chi connectivity index (χ0) is 4.28. The maximum Gasteiger partial charge on any atom is 0.410 e. The summed E-state index contributed by atoms with van der Waals surface area (Å²) in [7, 11) is 0. The van der Waals surface area contributed by atoms with E-state index in [0.29, 0.717) is 6.10 Å². The Morgan fingerprint density at radius 1 is 1.50 bits per heavy atom. The Labute approximate surface area is 59.4 Å². The van der Waals surface area contributed by atoms with Gasteiger partial charge in [0.15, 0.2) is 0 Å². The van der Waals surface area contributed by atoms with Crippen molar-refractivity contribution in [3.8, 4) is 0 Å². The van der Waals surface area contributed by atoms with Crippen LogP contribution in [-0.4, -0.2) is 41.6 Å². The number of hydrogen-bond donors (Lipinski definition) is 0. The van der Waals surface area contributed by atoms with Gasteiger partial charge in [0.25, 0.3) is 0 Å². The van der Waals surface area contributed by atoms with Crippen LogP contribution in [-0.2, 0) is 3.79 Å². The molecule has 0 amide bonds. The largest absolute Gasteiger partial charge is 0.504 e. The topological polar surface area (TPSA) is 9.23 Å². The molecule has 0 aliphatic rings. The van der Waals surface area contributed by atoms with Crippen molar-refractivity contribution < 1.29 is 3.79 Å². The average Bonchev–Trinajstić information content (AvgIpc) is 1.38. The molecular weight excluding hydrogens is 86.0 g/mol. The monoisotopic (exact) mass is 95.1 g/mol. The van der Waals surface area contributed by atoms with Crippen molar-refractivity contribution in [2.24, 2.45) is 0 Å². The van der Waals surface area contributed by atoms with Crippen LogP contribution in [0, 0.1) is 0 Å². The third kappa shape index (κ3) is 8.92. The Bertz CT molecular complexity index is 24.8. The molecule has 0 fully saturated rings. The minimum Gasteiger partial charge on any atom is -0.504 e. The van der Waals surface area contributed by atoms with E-state index in [1.807, 2.05) is 13.8 Å². The predicted molar refractivity (Wildman–Crippen MR) is 30.5 cm³/mol. The van der Waals surface area contributed by atoms with Crippen molar-refractivity contribution in [3.05, 3.63) is 0 Å². The predicted octanol–water partition coefficient (Wildman–Crippen LogP) is -0.421. The molecule has 0 saturated heterocycles. The Hall–Kier alpha value is 1.09. The van der Waals surface area contributed by atoms with Gasteiger partial charge in [0.05, 0.1) is 0 Å². The normalized spacial score (nSPS) is 7.83. The van der Waals surface area contributed by atoms with E-state index < -0.39 is 0 Å². The van der Waals surface area contributed by atoms with E-state index in [1.54, 1.807) is 0 Å². The maximum absolute atomic E-state index is 4.89. The number of rotatable bonds is 1. The Morgan fingerprint density at radius 3 is 1.67 bits per heavy atom. The van der Waals surface area contributed by atoms with Crippen LogP contribution >= 0.6 is 0 Å². The second-order valence-electron chi connectivity index (χ2n) is 1.28. The van der Waals surface area contributed by atoms with Crippen LogP contribution in [0.1, 0.15) is 13.8 Å². The third-order valence-electron chi connectivity index (χ3n) is 0.471. The molecule has 0 bridgehead atoms. The van der Waals surface area contributed by atoms with Gasteiger partial charge in [0.1, 0.15) is 0 Å². The summed E-state index contributed by atoms with van der Waals surface area (Å²) in [6.07, 6.45) is 0.446. The third-order valence-corrected chi connectivity index (χ3v) is 1.41. The fraction of sp³-hybridized carbons (Fsp3) is 1.00. The van der Waals surface area contributed by atoms with E-state index in [1.165, 1.54) is 0 Å². The quantitative estimate of drug-likeness (QED) is 0.402. The van der Waals surface area contributed by atoms with Crippen LogP contribution in [0.3, 0.4) is 0 Å². The first kappa shape index (κ1) is 10.1. The molecule has 0 N–H and O–H groups in total. The molecular formula is C3H9AlLiO. The van der Waals surface area contributed by atoms with Gasteiger partial charge in [-0.1, -0.05) is 0 Å². The van der Waals surface area contributed by atoms with E-state index in [-0.39, 0.29) is 18.9 Å². The number of hydrogen-bond acceptors (Lipinski definition) is 1. The summed E-state index contributed by atoms with van der Waals surface area (Å²) in [5.41, 5.74) is 0. The molecule has 3 heteroatoms. The van der Waals surface area contributed by atoms with Gasteiger partial charge in [-0.25, -0.2) is 0 Å². The molecule has 0 aromatic carbocycles. The molecule has 1 radical (unpaired) electrons. The molecule has 6 heavy (non-hydrogen) atoms. The van der Waals surface area contributed by atoms with Crippen molar-refractivity contribution in [2.45, 2.75) is 20.0 Å². The van der Waals surface area contributed by atoms with Crippen LogP contribution in [0.25, 0.3) is 0 Å². The molecule has 0 atom stereocenters. The minimum absolute atomic E-state index is 0. The molecule has 31 valence electrons. The summed E-state index contributed by atoms with van der Waals surface area (Å²) in [5, 5.41) is 0. The van der Waals surface area contributed by atoms with E-state index in [2.05, 4.69) is 0 Å². The van der Waals surface area contributed by atoms with E-state index in [0.717, 1.165) is 16.6 Å². The average molecular weight is 95.0 g/mol. The summed E-state index contributed by atoms with van der Waals surface area (Å²) in [6.45, 7) is 4.07. The molecule has 0 rings (SSSR count). The van der Waals surface area contributed by atoms with E-state index in [4.69, 9.17) is 3.79 Å². The second-order valence-corrected chi connectivity index (χ2v) is 1.76. The first-order valence-electron chi connectivity index (χ1n) is 1.80. The molecule has 0 saturated carbocycles. The molecule has 0 unspecified atom stereocenters. The van der Waals surface area contributed by atoms with Crippen molar-refractivity contribution >= 4 is 35.5 Å². The molecule has 0 heterocycles. The van der Waals surface area contributed by atoms with Gasteiger partial charge in [-0.3, -0.25) is 0 Å². The summed E-state index contributed by atoms with van der Waals surface area (Å²) in [6, 6.07) is 0. The van der Waals surface area contributed by atoms with Gasteiger partial charge in [0.2, 0.25) is 0 Å². The van der Waals surface area contributed by atoms with Crippen molar-refractivity contribution in [1.82, 2.24) is 0 Å². The molecule has 0 aliphatic carbocycles. The molecule has 0 aromatic heterocycles. The van der Waals surface area contributed by atoms with Crippen molar-refractivity contribution in [3.63, 3.8) is 0 Å². The van der Waals surface area contributed by atoms with Gasteiger partial charge < -0.3 is 3.79 Å². The van der Waals surface area contributed by atoms with E-state index in [9.17, 15) is 0 Å². The zero-order valence-corrected chi connectivity index (χ0v) is 6.99. The van der Waals surface area contributed by atoms with Gasteiger partial charge in [-0.15, -0.1) is 0 Å². The fourth-order valence-corrected chi connectivity index (χ4v) is 0. The fourth-order valence-electron chi connectivity index (χ4n) is 0. The zero-order valence-electron chi connectivity index (χ0n) is 4.99. The Balaban J connectivity index is 0. The van der Waals surface area contributed by atoms with Gasteiger partial charge >= 0.3 is 16.6 Å². The molecule has 0 spiro atoms. The van der Waals surface area contributed by atoms with Gasteiger partial charge in [-0.2, -0.15) is 0 Å².